The topological polar surface area (TPSA) is 29.1 Å². The van der Waals surface area contributed by atoms with Crippen LogP contribution in [0.3, 0.4) is 0 Å². The van der Waals surface area contributed by atoms with Gasteiger partial charge in [-0.3, -0.25) is 4.79 Å². The number of carbonyl (C=O) groups is 1. The molecule has 0 bridgehead atoms. The molecule has 0 aromatic rings. The van der Waals surface area contributed by atoms with E-state index in [1.807, 2.05) is 6.08 Å². The summed E-state index contributed by atoms with van der Waals surface area (Å²) in [6.45, 7) is 5.74. The van der Waals surface area contributed by atoms with E-state index in [4.69, 9.17) is 0 Å². The molecule has 0 amide bonds. The number of rotatable bonds is 11. The predicted molar refractivity (Wildman–Crippen MR) is 76.9 cm³/mol. The van der Waals surface area contributed by atoms with Crippen LogP contribution in [-0.2, 0) is 4.79 Å². The molecule has 88 valence electrons. The first-order valence-electron chi connectivity index (χ1n) is 5.54. The second-order valence-corrected chi connectivity index (χ2v) is 5.45. The summed E-state index contributed by atoms with van der Waals surface area (Å²) >= 11 is -0.418. The monoisotopic (exact) mass is 323 g/mol. The van der Waals surface area contributed by atoms with Gasteiger partial charge in [0, 0.05) is 6.42 Å². The van der Waals surface area contributed by atoms with Crippen molar-refractivity contribution in [2.75, 3.05) is 13.1 Å². The molecule has 3 heteroatoms. The highest BCUT2D eigenvalue weighted by Crippen LogP contribution is 2.02. The van der Waals surface area contributed by atoms with E-state index < -0.39 is 20.7 Å². The highest BCUT2D eigenvalue weighted by Gasteiger charge is 1.95. The molecule has 0 spiro atoms. The van der Waals surface area contributed by atoms with E-state index in [2.05, 4.69) is 16.4 Å². The highest BCUT2D eigenvalue weighted by atomic mass is 127. The first-order valence-corrected chi connectivity index (χ1v) is 8.14. The van der Waals surface area contributed by atoms with Crippen LogP contribution in [0.25, 0.3) is 0 Å². The van der Waals surface area contributed by atoms with Crippen molar-refractivity contribution in [3.05, 3.63) is 12.7 Å². The van der Waals surface area contributed by atoms with E-state index in [1.54, 1.807) is 0 Å². The van der Waals surface area contributed by atoms with Crippen LogP contribution >= 0.6 is 20.7 Å². The molecule has 0 fully saturated rings. The zero-order valence-electron chi connectivity index (χ0n) is 9.43. The van der Waals surface area contributed by atoms with Crippen LogP contribution in [0, 0.1) is 0 Å². The molecule has 0 aliphatic carbocycles. The Morgan fingerprint density at radius 2 is 1.93 bits per heavy atom. The van der Waals surface area contributed by atoms with Gasteiger partial charge in [-0.15, -0.1) is 6.58 Å². The van der Waals surface area contributed by atoms with E-state index in [0.29, 0.717) is 3.79 Å². The van der Waals surface area contributed by atoms with Gasteiger partial charge in [0.25, 0.3) is 0 Å². The molecule has 0 saturated carbocycles. The third-order valence-electron chi connectivity index (χ3n) is 2.14. The second-order valence-electron chi connectivity index (χ2n) is 3.48. The summed E-state index contributed by atoms with van der Waals surface area (Å²) in [6, 6.07) is 0. The van der Waals surface area contributed by atoms with Gasteiger partial charge in [-0.05, 0) is 38.8 Å². The van der Waals surface area contributed by atoms with E-state index in [1.165, 1.54) is 19.3 Å². The molecule has 0 unspecified atom stereocenters. The predicted octanol–water partition coefficient (Wildman–Crippen LogP) is 3.03. The molecule has 0 radical (unpaired) electrons. The normalized spacial score (nSPS) is 10.1. The Balaban J connectivity index is 3.01. The standard InChI is InChI=1S/C12H22INO/c1-3-4-5-6-7-10-14-11-8-9-12(15)13-2/h3,14H,1-2,4-11H2. The molecule has 0 aliphatic rings. The highest BCUT2D eigenvalue weighted by molar-refractivity contribution is 14.2. The fourth-order valence-electron chi connectivity index (χ4n) is 1.26. The summed E-state index contributed by atoms with van der Waals surface area (Å²) in [6.07, 6.45) is 8.53. The third-order valence-corrected chi connectivity index (χ3v) is 3.53. The van der Waals surface area contributed by atoms with Crippen molar-refractivity contribution in [3.8, 4) is 0 Å². The fraction of sp³-hybridized carbons (Fsp3) is 0.667. The molecule has 0 aromatic carbocycles. The maximum absolute atomic E-state index is 11.0. The van der Waals surface area contributed by atoms with Crippen LogP contribution in [0.1, 0.15) is 38.5 Å². The van der Waals surface area contributed by atoms with Gasteiger partial charge in [-0.2, -0.15) is 0 Å². The number of carbonyl (C=O) groups excluding carboxylic acids is 1. The van der Waals surface area contributed by atoms with Crippen LogP contribution in [0.5, 0.6) is 0 Å². The van der Waals surface area contributed by atoms with Crippen molar-refractivity contribution in [3.63, 3.8) is 0 Å². The Kier molecular flexibility index (Phi) is 12.0. The summed E-state index contributed by atoms with van der Waals surface area (Å²) < 4.78 is 4.05. The number of unbranched alkanes of at least 4 members (excludes halogenated alkanes) is 3. The lowest BCUT2D eigenvalue weighted by Crippen LogP contribution is -2.17. The number of allylic oxidation sites excluding steroid dienone is 1. The van der Waals surface area contributed by atoms with Gasteiger partial charge in [0.15, 0.2) is 3.79 Å². The number of nitrogens with one attached hydrogen (secondary N) is 1. The Morgan fingerprint density at radius 3 is 2.60 bits per heavy atom. The summed E-state index contributed by atoms with van der Waals surface area (Å²) in [5.41, 5.74) is 0. The Hall–Kier alpha value is -0.0300. The van der Waals surface area contributed by atoms with Crippen LogP contribution in [0.15, 0.2) is 12.7 Å². The molecule has 15 heavy (non-hydrogen) atoms. The van der Waals surface area contributed by atoms with Crippen molar-refractivity contribution < 1.29 is 4.79 Å². The van der Waals surface area contributed by atoms with Gasteiger partial charge < -0.3 is 5.32 Å². The average Bonchev–Trinajstić information content (AvgIpc) is 2.26. The van der Waals surface area contributed by atoms with E-state index in [9.17, 15) is 4.79 Å². The van der Waals surface area contributed by atoms with Crippen LogP contribution in [0.4, 0.5) is 0 Å². The number of hydrogen-bond donors (Lipinski definition) is 1. The maximum Gasteiger partial charge on any atom is 0.186 e. The maximum atomic E-state index is 11.0. The fourth-order valence-corrected chi connectivity index (χ4v) is 2.02. The lowest BCUT2D eigenvalue weighted by molar-refractivity contribution is -0.109. The summed E-state index contributed by atoms with van der Waals surface area (Å²) in [5.74, 6) is 0. The first kappa shape index (κ1) is 15.0. The Bertz CT molecular complexity index is 192. The van der Waals surface area contributed by atoms with Gasteiger partial charge >= 0.3 is 0 Å². The molecule has 0 saturated heterocycles. The van der Waals surface area contributed by atoms with Gasteiger partial charge in [0.05, 0.1) is 0 Å². The zero-order valence-corrected chi connectivity index (χ0v) is 11.6. The third kappa shape index (κ3) is 11.9. The number of halogens is 1. The minimum absolute atomic E-state index is 0.376. The summed E-state index contributed by atoms with van der Waals surface area (Å²) in [7, 11) is 0. The average molecular weight is 323 g/mol. The van der Waals surface area contributed by atoms with E-state index in [0.717, 1.165) is 32.4 Å². The first-order chi connectivity index (χ1) is 7.31. The SMILES string of the molecule is C=CCCCCCNCCCC(=O)I=C. The molecule has 0 rings (SSSR count). The van der Waals surface area contributed by atoms with Gasteiger partial charge in [-0.1, -0.05) is 37.7 Å². The van der Waals surface area contributed by atoms with Crippen molar-refractivity contribution in [2.24, 2.45) is 0 Å². The number of hydrogen-bond acceptors (Lipinski definition) is 2. The minimum atomic E-state index is -0.418. The van der Waals surface area contributed by atoms with Gasteiger partial charge in [-0.25, -0.2) is 0 Å². The molecule has 2 nitrogen and oxygen atoms in total. The van der Waals surface area contributed by atoms with Crippen molar-refractivity contribution in [2.45, 2.75) is 38.5 Å². The molecule has 0 atom stereocenters. The molecule has 0 heterocycles. The largest absolute Gasteiger partial charge is 0.317 e. The smallest absolute Gasteiger partial charge is 0.186 e. The summed E-state index contributed by atoms with van der Waals surface area (Å²) in [5, 5.41) is 3.36. The Labute approximate surface area is 103 Å². The van der Waals surface area contributed by atoms with E-state index in [-0.39, 0.29) is 0 Å². The second kappa shape index (κ2) is 12.0. The van der Waals surface area contributed by atoms with Crippen LogP contribution in [-0.4, -0.2) is 21.4 Å². The van der Waals surface area contributed by atoms with Crippen LogP contribution < -0.4 is 5.32 Å². The summed E-state index contributed by atoms with van der Waals surface area (Å²) in [4.78, 5) is 11.0. The molecule has 0 aliphatic heterocycles. The minimum Gasteiger partial charge on any atom is -0.317 e. The molecular weight excluding hydrogens is 301 g/mol. The lowest BCUT2D eigenvalue weighted by Gasteiger charge is -2.02. The van der Waals surface area contributed by atoms with Crippen molar-refractivity contribution in [1.82, 2.24) is 5.32 Å². The quantitative estimate of drug-likeness (QED) is 0.274. The van der Waals surface area contributed by atoms with Crippen molar-refractivity contribution in [1.29, 1.82) is 0 Å². The molecule has 1 N–H and O–H groups in total. The van der Waals surface area contributed by atoms with Gasteiger partial charge in [0.1, 0.15) is 0 Å². The molecular formula is C12H22INO. The Morgan fingerprint density at radius 1 is 1.20 bits per heavy atom. The van der Waals surface area contributed by atoms with Crippen LogP contribution in [0.2, 0.25) is 0 Å². The zero-order chi connectivity index (χ0) is 11.4. The van der Waals surface area contributed by atoms with Crippen molar-refractivity contribution >= 4 is 29.0 Å². The van der Waals surface area contributed by atoms with E-state index >= 15 is 0 Å². The lowest BCUT2D eigenvalue weighted by atomic mass is 10.2. The molecule has 0 aromatic heterocycles. The van der Waals surface area contributed by atoms with Gasteiger partial charge in [0.2, 0.25) is 0 Å².